The number of amides is 1. The molecule has 0 aliphatic carbocycles. The summed E-state index contributed by atoms with van der Waals surface area (Å²) in [5, 5.41) is 2.81. The standard InChI is InChI=1S/C18H20N2O3S/c1-12-5-3-7-16(13(12)2)20-24(22,23)15-9-10-17-14(11-15)6-4-8-18(21)19-17/h3,5,7,9-11,20H,4,6,8H2,1-2H3,(H,19,21). The molecule has 3 rings (SSSR count). The summed E-state index contributed by atoms with van der Waals surface area (Å²) in [5.74, 6) is -0.0298. The molecule has 126 valence electrons. The first-order valence-corrected chi connectivity index (χ1v) is 9.37. The van der Waals surface area contributed by atoms with Crippen molar-refractivity contribution < 1.29 is 13.2 Å². The van der Waals surface area contributed by atoms with Crippen molar-refractivity contribution in [1.82, 2.24) is 0 Å². The molecular formula is C18H20N2O3S. The van der Waals surface area contributed by atoms with Crippen molar-refractivity contribution in [3.05, 3.63) is 53.1 Å². The van der Waals surface area contributed by atoms with Crippen LogP contribution >= 0.6 is 0 Å². The fraction of sp³-hybridized carbons (Fsp3) is 0.278. The number of benzene rings is 2. The molecule has 0 atom stereocenters. The Bertz CT molecular complexity index is 904. The van der Waals surface area contributed by atoms with Crippen LogP contribution in [0.4, 0.5) is 11.4 Å². The molecule has 0 unspecified atom stereocenters. The second-order valence-electron chi connectivity index (χ2n) is 6.07. The molecule has 1 amide bonds. The third-order valence-corrected chi connectivity index (χ3v) is 5.72. The average molecular weight is 344 g/mol. The number of aryl methyl sites for hydroxylation is 2. The second kappa shape index (κ2) is 6.28. The lowest BCUT2D eigenvalue weighted by molar-refractivity contribution is -0.116. The van der Waals surface area contributed by atoms with Crippen LogP contribution in [0.1, 0.15) is 29.5 Å². The lowest BCUT2D eigenvalue weighted by Gasteiger charge is -2.14. The Hall–Kier alpha value is -2.34. The maximum Gasteiger partial charge on any atom is 0.261 e. The number of carbonyl (C=O) groups is 1. The summed E-state index contributed by atoms with van der Waals surface area (Å²) < 4.78 is 28.1. The summed E-state index contributed by atoms with van der Waals surface area (Å²) in [5.41, 5.74) is 4.06. The van der Waals surface area contributed by atoms with E-state index in [2.05, 4.69) is 10.0 Å². The Morgan fingerprint density at radius 2 is 1.88 bits per heavy atom. The quantitative estimate of drug-likeness (QED) is 0.896. The molecule has 0 saturated carbocycles. The fourth-order valence-corrected chi connectivity index (χ4v) is 3.96. The molecule has 0 radical (unpaired) electrons. The topological polar surface area (TPSA) is 75.3 Å². The minimum atomic E-state index is -3.67. The van der Waals surface area contributed by atoms with Crippen molar-refractivity contribution in [3.8, 4) is 0 Å². The van der Waals surface area contributed by atoms with Crippen LogP contribution in [0.15, 0.2) is 41.3 Å². The summed E-state index contributed by atoms with van der Waals surface area (Å²) in [6.07, 6.45) is 1.85. The third-order valence-electron chi connectivity index (χ3n) is 4.36. The van der Waals surface area contributed by atoms with Crippen LogP contribution in [0.5, 0.6) is 0 Å². The Kier molecular flexibility index (Phi) is 4.32. The molecule has 1 heterocycles. The Morgan fingerprint density at radius 3 is 2.67 bits per heavy atom. The molecule has 0 saturated heterocycles. The van der Waals surface area contributed by atoms with Gasteiger partial charge in [-0.15, -0.1) is 0 Å². The van der Waals surface area contributed by atoms with Gasteiger partial charge in [-0.05, 0) is 67.6 Å². The van der Waals surface area contributed by atoms with Gasteiger partial charge in [-0.2, -0.15) is 0 Å². The predicted octanol–water partition coefficient (Wildman–Crippen LogP) is 3.38. The highest BCUT2D eigenvalue weighted by atomic mass is 32.2. The van der Waals surface area contributed by atoms with E-state index in [0.717, 1.165) is 16.7 Å². The average Bonchev–Trinajstić information content (AvgIpc) is 2.71. The van der Waals surface area contributed by atoms with Gasteiger partial charge in [-0.3, -0.25) is 9.52 Å². The van der Waals surface area contributed by atoms with Gasteiger partial charge in [0.15, 0.2) is 0 Å². The first-order chi connectivity index (χ1) is 11.4. The van der Waals surface area contributed by atoms with Crippen LogP contribution in [0.25, 0.3) is 0 Å². The minimum absolute atomic E-state index is 0.0298. The zero-order chi connectivity index (χ0) is 17.3. The van der Waals surface area contributed by atoms with E-state index < -0.39 is 10.0 Å². The lowest BCUT2D eigenvalue weighted by atomic mass is 10.1. The molecule has 0 aromatic heterocycles. The monoisotopic (exact) mass is 344 g/mol. The van der Waals surface area contributed by atoms with Gasteiger partial charge in [-0.25, -0.2) is 8.42 Å². The number of hydrogen-bond acceptors (Lipinski definition) is 3. The zero-order valence-corrected chi connectivity index (χ0v) is 14.5. The molecule has 2 N–H and O–H groups in total. The van der Waals surface area contributed by atoms with Crippen LogP contribution in [0.3, 0.4) is 0 Å². The summed E-state index contributed by atoms with van der Waals surface area (Å²) in [6, 6.07) is 10.4. The molecule has 1 aliphatic rings. The van der Waals surface area contributed by atoms with Gasteiger partial charge in [0.1, 0.15) is 0 Å². The molecule has 0 spiro atoms. The first kappa shape index (κ1) is 16.5. The summed E-state index contributed by atoms with van der Waals surface area (Å²) >= 11 is 0. The number of anilines is 2. The van der Waals surface area contributed by atoms with Crippen molar-refractivity contribution in [3.63, 3.8) is 0 Å². The van der Waals surface area contributed by atoms with E-state index in [-0.39, 0.29) is 10.8 Å². The second-order valence-corrected chi connectivity index (χ2v) is 7.76. The molecule has 6 heteroatoms. The smallest absolute Gasteiger partial charge is 0.261 e. The third kappa shape index (κ3) is 3.28. The predicted molar refractivity (Wildman–Crippen MR) is 94.7 cm³/mol. The van der Waals surface area contributed by atoms with Gasteiger partial charge in [-0.1, -0.05) is 12.1 Å². The van der Waals surface area contributed by atoms with Gasteiger partial charge in [0.25, 0.3) is 10.0 Å². The van der Waals surface area contributed by atoms with E-state index >= 15 is 0 Å². The normalized spacial score (nSPS) is 14.5. The van der Waals surface area contributed by atoms with E-state index in [4.69, 9.17) is 0 Å². The van der Waals surface area contributed by atoms with Crippen molar-refractivity contribution in [1.29, 1.82) is 0 Å². The number of carbonyl (C=O) groups excluding carboxylic acids is 1. The molecule has 2 aromatic carbocycles. The summed E-state index contributed by atoms with van der Waals surface area (Å²) in [7, 11) is -3.67. The highest BCUT2D eigenvalue weighted by Gasteiger charge is 2.19. The van der Waals surface area contributed by atoms with E-state index in [0.29, 0.717) is 30.6 Å². The summed E-state index contributed by atoms with van der Waals surface area (Å²) in [6.45, 7) is 3.83. The SMILES string of the molecule is Cc1cccc(NS(=O)(=O)c2ccc3c(c2)CCCC(=O)N3)c1C. The molecule has 2 aromatic rings. The number of sulfonamides is 1. The minimum Gasteiger partial charge on any atom is -0.326 e. The first-order valence-electron chi connectivity index (χ1n) is 7.88. The molecule has 0 fully saturated rings. The number of nitrogens with one attached hydrogen (secondary N) is 2. The van der Waals surface area contributed by atoms with Crippen molar-refractivity contribution in [2.24, 2.45) is 0 Å². The van der Waals surface area contributed by atoms with Gasteiger partial charge in [0.05, 0.1) is 10.6 Å². The van der Waals surface area contributed by atoms with Crippen LogP contribution in [0.2, 0.25) is 0 Å². The Labute approximate surface area is 142 Å². The maximum absolute atomic E-state index is 12.7. The molecule has 24 heavy (non-hydrogen) atoms. The van der Waals surface area contributed by atoms with Crippen LogP contribution in [-0.2, 0) is 21.2 Å². The van der Waals surface area contributed by atoms with Crippen LogP contribution in [0, 0.1) is 13.8 Å². The van der Waals surface area contributed by atoms with E-state index in [1.54, 1.807) is 18.2 Å². The summed E-state index contributed by atoms with van der Waals surface area (Å²) in [4.78, 5) is 11.8. The van der Waals surface area contributed by atoms with Gasteiger partial charge >= 0.3 is 0 Å². The lowest BCUT2D eigenvalue weighted by Crippen LogP contribution is -2.15. The van der Waals surface area contributed by atoms with Crippen molar-refractivity contribution in [2.45, 2.75) is 38.0 Å². The van der Waals surface area contributed by atoms with Crippen LogP contribution in [-0.4, -0.2) is 14.3 Å². The Balaban J connectivity index is 1.94. The maximum atomic E-state index is 12.7. The number of rotatable bonds is 3. The van der Waals surface area contributed by atoms with E-state index in [1.165, 1.54) is 6.07 Å². The van der Waals surface area contributed by atoms with Crippen molar-refractivity contribution >= 4 is 27.3 Å². The molecular weight excluding hydrogens is 324 g/mol. The van der Waals surface area contributed by atoms with E-state index in [9.17, 15) is 13.2 Å². The van der Waals surface area contributed by atoms with Gasteiger partial charge in [0.2, 0.25) is 5.91 Å². The van der Waals surface area contributed by atoms with Crippen LogP contribution < -0.4 is 10.0 Å². The van der Waals surface area contributed by atoms with Crippen molar-refractivity contribution in [2.75, 3.05) is 10.0 Å². The molecule has 1 aliphatic heterocycles. The Morgan fingerprint density at radius 1 is 1.08 bits per heavy atom. The van der Waals surface area contributed by atoms with Gasteiger partial charge in [0, 0.05) is 12.1 Å². The highest BCUT2D eigenvalue weighted by molar-refractivity contribution is 7.92. The van der Waals surface area contributed by atoms with Gasteiger partial charge < -0.3 is 5.32 Å². The number of fused-ring (bicyclic) bond motifs is 1. The molecule has 5 nitrogen and oxygen atoms in total. The zero-order valence-electron chi connectivity index (χ0n) is 13.7. The van der Waals surface area contributed by atoms with E-state index in [1.807, 2.05) is 26.0 Å². The fourth-order valence-electron chi connectivity index (χ4n) is 2.78. The number of hydrogen-bond donors (Lipinski definition) is 2. The molecule has 0 bridgehead atoms. The highest BCUT2D eigenvalue weighted by Crippen LogP contribution is 2.27. The largest absolute Gasteiger partial charge is 0.326 e.